The lowest BCUT2D eigenvalue weighted by atomic mass is 9.77. The molecule has 1 aromatic heterocycles. The Kier molecular flexibility index (Phi) is 9.96. The zero-order chi connectivity index (χ0) is 33.3. The number of ether oxygens (including phenoxy) is 1. The largest absolute Gasteiger partial charge is 0.465 e. The first kappa shape index (κ1) is 32.3. The van der Waals surface area contributed by atoms with E-state index in [4.69, 9.17) is 15.0 Å². The van der Waals surface area contributed by atoms with E-state index in [0.717, 1.165) is 38.9 Å². The quantitative estimate of drug-likeness (QED) is 0.0728. The summed E-state index contributed by atoms with van der Waals surface area (Å²) in [5.74, 6) is -0.856. The van der Waals surface area contributed by atoms with Crippen molar-refractivity contribution in [2.45, 2.75) is 38.6 Å². The highest BCUT2D eigenvalue weighted by Gasteiger charge is 2.41. The normalized spacial score (nSPS) is 12.0. The van der Waals surface area contributed by atoms with Crippen LogP contribution in [0, 0.1) is 5.92 Å². The molecule has 1 atom stereocenters. The third-order valence-electron chi connectivity index (χ3n) is 8.62. The Morgan fingerprint density at radius 2 is 1.21 bits per heavy atom. The van der Waals surface area contributed by atoms with Gasteiger partial charge in [-0.3, -0.25) is 9.59 Å². The van der Waals surface area contributed by atoms with Crippen molar-refractivity contribution in [3.05, 3.63) is 162 Å². The van der Waals surface area contributed by atoms with Gasteiger partial charge in [0.05, 0.1) is 6.61 Å². The summed E-state index contributed by atoms with van der Waals surface area (Å²) in [5, 5.41) is 14.5. The van der Waals surface area contributed by atoms with Gasteiger partial charge in [-0.05, 0) is 58.4 Å². The van der Waals surface area contributed by atoms with Gasteiger partial charge in [-0.15, -0.1) is 15.0 Å². The number of Topliss-reactive ketones (excluding diaryl/α,β-unsaturated/α-hetero) is 1. The minimum atomic E-state index is -0.879. The van der Waals surface area contributed by atoms with Crippen molar-refractivity contribution >= 4 is 11.8 Å². The summed E-state index contributed by atoms with van der Waals surface area (Å²) in [6, 6.07) is 46.7. The number of aromatic nitrogens is 4. The zero-order valence-corrected chi connectivity index (χ0v) is 27.2. The fourth-order valence-corrected chi connectivity index (χ4v) is 6.33. The molecule has 0 radical (unpaired) electrons. The molecule has 0 spiro atoms. The third-order valence-corrected chi connectivity index (χ3v) is 8.62. The number of ketones is 1. The highest BCUT2D eigenvalue weighted by atomic mass is 16.5. The van der Waals surface area contributed by atoms with Gasteiger partial charge in [0.1, 0.15) is 11.7 Å². The van der Waals surface area contributed by atoms with Gasteiger partial charge in [0.2, 0.25) is 5.82 Å². The van der Waals surface area contributed by atoms with E-state index in [0.29, 0.717) is 25.1 Å². The molecule has 240 valence electrons. The summed E-state index contributed by atoms with van der Waals surface area (Å²) in [6.45, 7) is 3.93. The molecule has 7 heteroatoms. The Bertz CT molecular complexity index is 1840. The van der Waals surface area contributed by atoms with Crippen LogP contribution in [0.1, 0.15) is 48.9 Å². The second-order valence-corrected chi connectivity index (χ2v) is 11.7. The molecule has 7 nitrogen and oxygen atoms in total. The number of esters is 1. The van der Waals surface area contributed by atoms with Crippen LogP contribution in [0.3, 0.4) is 0 Å². The van der Waals surface area contributed by atoms with Crippen LogP contribution in [-0.2, 0) is 26.3 Å². The summed E-state index contributed by atoms with van der Waals surface area (Å²) in [4.78, 5) is 27.1. The highest BCUT2D eigenvalue weighted by Crippen LogP contribution is 2.40. The summed E-state index contributed by atoms with van der Waals surface area (Å²) < 4.78 is 5.23. The molecule has 0 amide bonds. The van der Waals surface area contributed by atoms with Gasteiger partial charge in [0.15, 0.2) is 5.54 Å². The number of tetrazole rings is 1. The molecule has 0 bridgehead atoms. The molecule has 0 saturated heterocycles. The van der Waals surface area contributed by atoms with Crippen molar-refractivity contribution in [2.24, 2.45) is 5.92 Å². The molecule has 0 aliphatic carbocycles. The molecule has 0 aliphatic rings. The first-order valence-electron chi connectivity index (χ1n) is 16.4. The molecule has 0 saturated carbocycles. The third kappa shape index (κ3) is 6.45. The Morgan fingerprint density at radius 1 is 0.688 bits per heavy atom. The van der Waals surface area contributed by atoms with E-state index >= 15 is 0 Å². The lowest BCUT2D eigenvalue weighted by Gasteiger charge is -2.34. The van der Waals surface area contributed by atoms with E-state index < -0.39 is 17.4 Å². The van der Waals surface area contributed by atoms with E-state index in [1.165, 1.54) is 0 Å². The molecular formula is C41H38N4O3. The summed E-state index contributed by atoms with van der Waals surface area (Å²) in [5.41, 5.74) is 5.77. The second kappa shape index (κ2) is 14.8. The minimum Gasteiger partial charge on any atom is -0.465 e. The number of carbonyl (C=O) groups excluding carboxylic acids is 2. The number of hydrogen-bond acceptors (Lipinski definition) is 6. The van der Waals surface area contributed by atoms with Gasteiger partial charge in [-0.25, -0.2) is 0 Å². The molecule has 0 N–H and O–H groups in total. The molecule has 0 aliphatic heterocycles. The Morgan fingerprint density at radius 3 is 1.73 bits per heavy atom. The van der Waals surface area contributed by atoms with Crippen LogP contribution in [0.5, 0.6) is 0 Å². The maximum Gasteiger partial charge on any atom is 0.316 e. The summed E-state index contributed by atoms with van der Waals surface area (Å²) in [7, 11) is 0. The van der Waals surface area contributed by atoms with E-state index in [1.54, 1.807) is 11.7 Å². The number of nitrogens with zero attached hydrogens (tertiary/aromatic N) is 4. The predicted molar refractivity (Wildman–Crippen MR) is 187 cm³/mol. The predicted octanol–water partition coefficient (Wildman–Crippen LogP) is 7.94. The minimum absolute atomic E-state index is 0.0860. The Labute approximate surface area is 281 Å². The van der Waals surface area contributed by atoms with Crippen LogP contribution in [0.4, 0.5) is 0 Å². The number of hydrogen-bond donors (Lipinski definition) is 0. The summed E-state index contributed by atoms with van der Waals surface area (Å²) >= 11 is 0. The Hall–Kier alpha value is -5.69. The smallest absolute Gasteiger partial charge is 0.316 e. The summed E-state index contributed by atoms with van der Waals surface area (Å²) in [6.07, 6.45) is 1.34. The van der Waals surface area contributed by atoms with Gasteiger partial charge in [0, 0.05) is 12.0 Å². The van der Waals surface area contributed by atoms with Crippen molar-refractivity contribution < 1.29 is 14.3 Å². The maximum atomic E-state index is 12.8. The lowest BCUT2D eigenvalue weighted by Crippen LogP contribution is -2.39. The average Bonchev–Trinajstić information content (AvgIpc) is 3.63. The SMILES string of the molecule is CCCC(=O)C(Cc1ccc(-c2ccccc2-c2nnn(C(c3ccccc3)(c3ccccc3)c3ccccc3)n2)cc1)C(=O)OCC. The molecule has 6 rings (SSSR count). The molecular weight excluding hydrogens is 596 g/mol. The van der Waals surface area contributed by atoms with E-state index in [9.17, 15) is 9.59 Å². The highest BCUT2D eigenvalue weighted by molar-refractivity contribution is 5.99. The first-order chi connectivity index (χ1) is 23.6. The molecule has 1 unspecified atom stereocenters. The monoisotopic (exact) mass is 634 g/mol. The lowest BCUT2D eigenvalue weighted by molar-refractivity contribution is -0.151. The standard InChI is InChI=1S/C41H38N4O3/c1-3-16-38(46)37(40(47)48-4-2)29-30-25-27-31(28-26-30)35-23-14-15-24-36(35)39-42-44-45(43-39)41(32-17-8-5-9-18-32,33-19-10-6-11-20-33)34-21-12-7-13-22-34/h5-15,17-28,37H,3-4,16,29H2,1-2H3. The van der Waals surface area contributed by atoms with Crippen molar-refractivity contribution in [1.29, 1.82) is 0 Å². The molecule has 6 aromatic rings. The van der Waals surface area contributed by atoms with Crippen molar-refractivity contribution in [1.82, 2.24) is 20.2 Å². The van der Waals surface area contributed by atoms with Crippen LogP contribution >= 0.6 is 0 Å². The van der Waals surface area contributed by atoms with Crippen LogP contribution in [0.2, 0.25) is 0 Å². The zero-order valence-electron chi connectivity index (χ0n) is 27.2. The average molecular weight is 635 g/mol. The first-order valence-corrected chi connectivity index (χ1v) is 16.4. The fraction of sp³-hybridized carbons (Fsp3) is 0.195. The van der Waals surface area contributed by atoms with Crippen molar-refractivity contribution in [3.63, 3.8) is 0 Å². The topological polar surface area (TPSA) is 87.0 Å². The number of benzene rings is 5. The Balaban J connectivity index is 1.40. The van der Waals surface area contributed by atoms with E-state index in [-0.39, 0.29) is 12.4 Å². The van der Waals surface area contributed by atoms with Crippen molar-refractivity contribution in [2.75, 3.05) is 6.61 Å². The van der Waals surface area contributed by atoms with Crippen molar-refractivity contribution in [3.8, 4) is 22.5 Å². The van der Waals surface area contributed by atoms with Gasteiger partial charge in [-0.2, -0.15) is 0 Å². The molecule has 1 heterocycles. The van der Waals surface area contributed by atoms with Crippen LogP contribution in [0.25, 0.3) is 22.5 Å². The molecule has 0 fully saturated rings. The van der Waals surface area contributed by atoms with E-state index in [2.05, 4.69) is 41.5 Å². The van der Waals surface area contributed by atoms with Crippen LogP contribution < -0.4 is 0 Å². The number of rotatable bonds is 13. The van der Waals surface area contributed by atoms with Gasteiger partial charge >= 0.3 is 5.97 Å². The molecule has 48 heavy (non-hydrogen) atoms. The van der Waals surface area contributed by atoms with Crippen LogP contribution in [0.15, 0.2) is 140 Å². The number of carbonyl (C=O) groups is 2. The molecule has 5 aromatic carbocycles. The van der Waals surface area contributed by atoms with Gasteiger partial charge < -0.3 is 4.74 Å². The fourth-order valence-electron chi connectivity index (χ4n) is 6.33. The second-order valence-electron chi connectivity index (χ2n) is 11.7. The van der Waals surface area contributed by atoms with Crippen LogP contribution in [-0.4, -0.2) is 38.6 Å². The van der Waals surface area contributed by atoms with Gasteiger partial charge in [-0.1, -0.05) is 146 Å². The maximum absolute atomic E-state index is 12.8. The van der Waals surface area contributed by atoms with Gasteiger partial charge in [0.25, 0.3) is 0 Å². The van der Waals surface area contributed by atoms with E-state index in [1.807, 2.05) is 110 Å².